The highest BCUT2D eigenvalue weighted by molar-refractivity contribution is 9.10. The zero-order valence-corrected chi connectivity index (χ0v) is 12.6. The number of hydrogen-bond acceptors (Lipinski definition) is 3. The summed E-state index contributed by atoms with van der Waals surface area (Å²) in [5, 5.41) is 17.1. The van der Waals surface area contributed by atoms with Crippen molar-refractivity contribution in [3.8, 4) is 11.5 Å². The number of aryl methyl sites for hydroxylation is 1. The Morgan fingerprint density at radius 2 is 2.00 bits per heavy atom. The van der Waals surface area contributed by atoms with E-state index in [-0.39, 0.29) is 5.69 Å². The van der Waals surface area contributed by atoms with Crippen LogP contribution in [0.15, 0.2) is 47.2 Å². The Kier molecular flexibility index (Phi) is 3.34. The maximum Gasteiger partial charge on any atom is 0.360 e. The van der Waals surface area contributed by atoms with Crippen LogP contribution in [0, 0.1) is 6.92 Å². The molecular weight excluding hydrogens is 336 g/mol. The average Bonchev–Trinajstić information content (AvgIpc) is 3.09. The minimum atomic E-state index is -1.11. The Hall–Kier alpha value is -2.41. The molecule has 0 aliphatic carbocycles. The molecule has 0 unspecified atom stereocenters. The highest BCUT2D eigenvalue weighted by Crippen LogP contribution is 2.22. The van der Waals surface area contributed by atoms with Crippen molar-refractivity contribution in [3.63, 3.8) is 0 Å². The molecule has 106 valence electrons. The molecule has 0 bridgehead atoms. The van der Waals surface area contributed by atoms with Gasteiger partial charge in [-0.3, -0.25) is 0 Å². The molecule has 2 heterocycles. The lowest BCUT2D eigenvalue weighted by Gasteiger charge is -2.09. The second-order valence-electron chi connectivity index (χ2n) is 4.50. The molecule has 0 aliphatic heterocycles. The second-order valence-corrected chi connectivity index (χ2v) is 5.36. The molecule has 0 amide bonds. The first-order valence-corrected chi connectivity index (χ1v) is 6.96. The lowest BCUT2D eigenvalue weighted by Crippen LogP contribution is -2.08. The third-order valence-electron chi connectivity index (χ3n) is 3.08. The second kappa shape index (κ2) is 5.17. The van der Waals surface area contributed by atoms with Gasteiger partial charge in [0.1, 0.15) is 0 Å². The number of aromatic nitrogens is 4. The van der Waals surface area contributed by atoms with Gasteiger partial charge in [0.15, 0.2) is 5.82 Å². The van der Waals surface area contributed by atoms with Gasteiger partial charge in [-0.15, -0.1) is 5.10 Å². The van der Waals surface area contributed by atoms with E-state index in [4.69, 9.17) is 0 Å². The number of halogens is 1. The molecule has 0 saturated heterocycles. The Labute approximate surface area is 128 Å². The van der Waals surface area contributed by atoms with Crippen LogP contribution in [0.2, 0.25) is 0 Å². The van der Waals surface area contributed by atoms with Gasteiger partial charge < -0.3 is 9.67 Å². The summed E-state index contributed by atoms with van der Waals surface area (Å²) in [6.07, 6.45) is 3.51. The summed E-state index contributed by atoms with van der Waals surface area (Å²) in [5.41, 5.74) is 1.68. The van der Waals surface area contributed by atoms with Crippen LogP contribution in [0.5, 0.6) is 0 Å². The number of aromatic carboxylic acids is 1. The Balaban J connectivity index is 2.23. The Morgan fingerprint density at radius 1 is 1.29 bits per heavy atom. The minimum Gasteiger partial charge on any atom is -0.476 e. The summed E-state index contributed by atoms with van der Waals surface area (Å²) in [5.74, 6) is -0.715. The third-order valence-corrected chi connectivity index (χ3v) is 3.97. The monoisotopic (exact) mass is 346 g/mol. The topological polar surface area (TPSA) is 72.9 Å². The molecule has 0 aliphatic rings. The van der Waals surface area contributed by atoms with Crippen LogP contribution in [0.1, 0.15) is 16.1 Å². The molecule has 0 atom stereocenters. The van der Waals surface area contributed by atoms with Crippen molar-refractivity contribution in [1.82, 2.24) is 19.6 Å². The summed E-state index contributed by atoms with van der Waals surface area (Å²) in [6.45, 7) is 1.96. The Morgan fingerprint density at radius 3 is 2.62 bits per heavy atom. The Bertz CT molecular complexity index is 809. The van der Waals surface area contributed by atoms with Gasteiger partial charge in [0, 0.05) is 16.9 Å². The van der Waals surface area contributed by atoms with E-state index >= 15 is 0 Å². The summed E-state index contributed by atoms with van der Waals surface area (Å²) >= 11 is 3.44. The zero-order chi connectivity index (χ0) is 15.0. The molecule has 2 aromatic heterocycles. The molecule has 0 radical (unpaired) electrons. The average molecular weight is 347 g/mol. The van der Waals surface area contributed by atoms with Gasteiger partial charge in [0.25, 0.3) is 0 Å². The van der Waals surface area contributed by atoms with Gasteiger partial charge in [0.2, 0.25) is 5.69 Å². The quantitative estimate of drug-likeness (QED) is 0.791. The van der Waals surface area contributed by atoms with Gasteiger partial charge in [0.05, 0.1) is 5.69 Å². The normalized spacial score (nSPS) is 10.8. The van der Waals surface area contributed by atoms with Gasteiger partial charge in [-0.25, -0.2) is 4.79 Å². The molecule has 1 aromatic carbocycles. The van der Waals surface area contributed by atoms with Crippen molar-refractivity contribution in [1.29, 1.82) is 0 Å². The predicted octanol–water partition coefficient (Wildman–Crippen LogP) is 2.83. The number of carbonyl (C=O) groups is 1. The third kappa shape index (κ3) is 2.36. The van der Waals surface area contributed by atoms with E-state index in [1.807, 2.05) is 37.3 Å². The van der Waals surface area contributed by atoms with E-state index in [0.717, 1.165) is 15.7 Å². The molecule has 0 spiro atoms. The van der Waals surface area contributed by atoms with Crippen molar-refractivity contribution in [2.24, 2.45) is 0 Å². The van der Waals surface area contributed by atoms with Gasteiger partial charge in [-0.05, 0) is 42.8 Å². The smallest absolute Gasteiger partial charge is 0.360 e. The standard InChI is InChI=1S/C14H11BrN4O2/c1-9-8-10(4-5-11(9)15)19-13(18-6-2-3-7-18)12(14(20)21)16-17-19/h2-8H,1H3,(H,20,21). The number of carboxylic acids is 1. The van der Waals surface area contributed by atoms with Crippen LogP contribution in [0.25, 0.3) is 11.5 Å². The van der Waals surface area contributed by atoms with Gasteiger partial charge in [-0.1, -0.05) is 21.1 Å². The van der Waals surface area contributed by atoms with Crippen molar-refractivity contribution >= 4 is 21.9 Å². The molecule has 3 rings (SSSR count). The molecule has 21 heavy (non-hydrogen) atoms. The highest BCUT2D eigenvalue weighted by atomic mass is 79.9. The van der Waals surface area contributed by atoms with E-state index in [2.05, 4.69) is 26.2 Å². The van der Waals surface area contributed by atoms with Crippen molar-refractivity contribution < 1.29 is 9.90 Å². The fraction of sp³-hybridized carbons (Fsp3) is 0.0714. The molecule has 0 saturated carbocycles. The first-order chi connectivity index (χ1) is 10.1. The zero-order valence-electron chi connectivity index (χ0n) is 11.1. The molecule has 3 aromatic rings. The van der Waals surface area contributed by atoms with E-state index in [1.165, 1.54) is 4.68 Å². The molecule has 0 fully saturated rings. The maximum atomic E-state index is 11.3. The highest BCUT2D eigenvalue weighted by Gasteiger charge is 2.21. The van der Waals surface area contributed by atoms with E-state index in [1.54, 1.807) is 17.0 Å². The predicted molar refractivity (Wildman–Crippen MR) is 80.1 cm³/mol. The summed E-state index contributed by atoms with van der Waals surface area (Å²) in [6, 6.07) is 9.29. The van der Waals surface area contributed by atoms with Gasteiger partial charge in [-0.2, -0.15) is 4.68 Å². The lowest BCUT2D eigenvalue weighted by molar-refractivity contribution is 0.0690. The number of carboxylic acid groups (broad SMARTS) is 1. The van der Waals surface area contributed by atoms with Crippen LogP contribution < -0.4 is 0 Å². The van der Waals surface area contributed by atoms with E-state index in [0.29, 0.717) is 5.82 Å². The molecule has 7 heteroatoms. The SMILES string of the molecule is Cc1cc(-n2nnc(C(=O)O)c2-n2cccc2)ccc1Br. The molecule has 1 N–H and O–H groups in total. The fourth-order valence-electron chi connectivity index (χ4n) is 2.06. The van der Waals surface area contributed by atoms with Crippen molar-refractivity contribution in [2.45, 2.75) is 6.92 Å². The first kappa shape index (κ1) is 13.6. The minimum absolute atomic E-state index is 0.0910. The van der Waals surface area contributed by atoms with Gasteiger partial charge >= 0.3 is 5.97 Å². The molecular formula is C14H11BrN4O2. The summed E-state index contributed by atoms with van der Waals surface area (Å²) in [4.78, 5) is 11.3. The van der Waals surface area contributed by atoms with Crippen LogP contribution in [-0.2, 0) is 0 Å². The fourth-order valence-corrected chi connectivity index (χ4v) is 2.30. The summed E-state index contributed by atoms with van der Waals surface area (Å²) < 4.78 is 4.18. The van der Waals surface area contributed by atoms with Crippen LogP contribution in [-0.4, -0.2) is 30.6 Å². The summed E-state index contributed by atoms with van der Waals surface area (Å²) in [7, 11) is 0. The number of nitrogens with zero attached hydrogens (tertiary/aromatic N) is 4. The number of benzene rings is 1. The van der Waals surface area contributed by atoms with Crippen LogP contribution in [0.3, 0.4) is 0 Å². The molecule has 6 nitrogen and oxygen atoms in total. The number of hydrogen-bond donors (Lipinski definition) is 1. The van der Waals surface area contributed by atoms with Crippen molar-refractivity contribution in [3.05, 3.63) is 58.5 Å². The first-order valence-electron chi connectivity index (χ1n) is 6.17. The number of rotatable bonds is 3. The largest absolute Gasteiger partial charge is 0.476 e. The lowest BCUT2D eigenvalue weighted by atomic mass is 10.2. The van der Waals surface area contributed by atoms with E-state index < -0.39 is 5.97 Å². The van der Waals surface area contributed by atoms with E-state index in [9.17, 15) is 9.90 Å². The van der Waals surface area contributed by atoms with Crippen LogP contribution in [0.4, 0.5) is 0 Å². The van der Waals surface area contributed by atoms with Crippen LogP contribution >= 0.6 is 15.9 Å². The van der Waals surface area contributed by atoms with Crippen molar-refractivity contribution in [2.75, 3.05) is 0 Å². The maximum absolute atomic E-state index is 11.3.